The van der Waals surface area contributed by atoms with Crippen molar-refractivity contribution in [3.8, 4) is 11.5 Å². The molecule has 174 valence electrons. The maximum atomic E-state index is 6.64. The number of ether oxygens (including phenoxy) is 1. The van der Waals surface area contributed by atoms with E-state index in [0.29, 0.717) is 0 Å². The monoisotopic (exact) mass is 457 g/mol. The summed E-state index contributed by atoms with van der Waals surface area (Å²) in [5, 5.41) is 0. The second kappa shape index (κ2) is 7.52. The van der Waals surface area contributed by atoms with Gasteiger partial charge in [-0.3, -0.25) is 0 Å². The molecule has 0 radical (unpaired) electrons. The zero-order valence-corrected chi connectivity index (χ0v) is 21.8. The van der Waals surface area contributed by atoms with Crippen LogP contribution in [0.5, 0.6) is 11.5 Å². The maximum absolute atomic E-state index is 6.64. The van der Waals surface area contributed by atoms with E-state index < -0.39 is 0 Å². The first-order valence-corrected chi connectivity index (χ1v) is 12.6. The molecular weight excluding hydrogens is 425 g/mol. The molecular formula is C32H32BNO. The standard InChI is InChI=1S/C32H32BNO/c1-19-13-20(2)16-24(15-19)34-26-9-8-10-28-31(26)33(30-22(4)14-21(3)17-27(30)34)25-12-11-23(32(5,6)7)18-29(25)35-28/h8-18H,1-7H3. The molecule has 0 spiro atoms. The summed E-state index contributed by atoms with van der Waals surface area (Å²) in [4.78, 5) is 2.45. The molecule has 0 fully saturated rings. The van der Waals surface area contributed by atoms with Gasteiger partial charge in [0.05, 0.1) is 0 Å². The van der Waals surface area contributed by atoms with Crippen LogP contribution >= 0.6 is 0 Å². The molecule has 0 atom stereocenters. The van der Waals surface area contributed by atoms with Crippen molar-refractivity contribution in [2.45, 2.75) is 53.9 Å². The Balaban J connectivity index is 1.67. The molecule has 0 amide bonds. The van der Waals surface area contributed by atoms with Gasteiger partial charge in [-0.25, -0.2) is 0 Å². The van der Waals surface area contributed by atoms with E-state index in [-0.39, 0.29) is 12.1 Å². The highest BCUT2D eigenvalue weighted by Crippen LogP contribution is 2.42. The highest BCUT2D eigenvalue weighted by Gasteiger charge is 2.42. The number of hydrogen-bond donors (Lipinski definition) is 0. The van der Waals surface area contributed by atoms with Crippen LogP contribution in [0.2, 0.25) is 0 Å². The Morgan fingerprint density at radius 1 is 0.686 bits per heavy atom. The fourth-order valence-electron chi connectivity index (χ4n) is 6.01. The number of fused-ring (bicyclic) bond motifs is 4. The largest absolute Gasteiger partial charge is 0.458 e. The predicted molar refractivity (Wildman–Crippen MR) is 150 cm³/mol. The van der Waals surface area contributed by atoms with Crippen LogP contribution in [0.1, 0.15) is 48.6 Å². The molecule has 2 nitrogen and oxygen atoms in total. The van der Waals surface area contributed by atoms with Crippen LogP contribution in [0.4, 0.5) is 17.1 Å². The topological polar surface area (TPSA) is 12.5 Å². The van der Waals surface area contributed by atoms with Crippen molar-refractivity contribution in [3.05, 3.63) is 94.5 Å². The van der Waals surface area contributed by atoms with Crippen molar-refractivity contribution in [3.63, 3.8) is 0 Å². The van der Waals surface area contributed by atoms with Gasteiger partial charge in [-0.1, -0.05) is 56.7 Å². The molecule has 0 aliphatic carbocycles. The van der Waals surface area contributed by atoms with Crippen LogP contribution in [0.25, 0.3) is 0 Å². The quantitative estimate of drug-likeness (QED) is 0.257. The molecule has 3 heteroatoms. The van der Waals surface area contributed by atoms with Crippen LogP contribution in [-0.4, -0.2) is 6.71 Å². The van der Waals surface area contributed by atoms with E-state index in [9.17, 15) is 0 Å². The predicted octanol–water partition coefficient (Wildman–Crippen LogP) is 6.62. The smallest absolute Gasteiger partial charge is 0.256 e. The van der Waals surface area contributed by atoms with E-state index >= 15 is 0 Å². The average molecular weight is 457 g/mol. The van der Waals surface area contributed by atoms with Gasteiger partial charge in [0.25, 0.3) is 6.71 Å². The second-order valence-electron chi connectivity index (χ2n) is 11.4. The Bertz CT molecular complexity index is 1490. The summed E-state index contributed by atoms with van der Waals surface area (Å²) in [5.74, 6) is 1.95. The zero-order valence-electron chi connectivity index (χ0n) is 21.8. The van der Waals surface area contributed by atoms with Crippen LogP contribution in [0, 0.1) is 27.7 Å². The van der Waals surface area contributed by atoms with E-state index in [4.69, 9.17) is 4.74 Å². The van der Waals surface area contributed by atoms with E-state index in [1.54, 1.807) is 0 Å². The molecule has 4 aromatic carbocycles. The molecule has 0 N–H and O–H groups in total. The third kappa shape index (κ3) is 3.40. The highest BCUT2D eigenvalue weighted by atomic mass is 16.5. The van der Waals surface area contributed by atoms with Gasteiger partial charge in [0.2, 0.25) is 0 Å². The van der Waals surface area contributed by atoms with Crippen molar-refractivity contribution in [1.82, 2.24) is 0 Å². The van der Waals surface area contributed by atoms with Crippen molar-refractivity contribution in [2.75, 3.05) is 4.90 Å². The first-order valence-electron chi connectivity index (χ1n) is 12.6. The number of anilines is 3. The van der Waals surface area contributed by atoms with Crippen molar-refractivity contribution in [2.24, 2.45) is 0 Å². The summed E-state index contributed by atoms with van der Waals surface area (Å²) < 4.78 is 6.64. The van der Waals surface area contributed by atoms with Crippen molar-refractivity contribution < 1.29 is 4.74 Å². The van der Waals surface area contributed by atoms with Gasteiger partial charge >= 0.3 is 0 Å². The minimum atomic E-state index is 0.0673. The molecule has 6 rings (SSSR count). The first kappa shape index (κ1) is 22.0. The lowest BCUT2D eigenvalue weighted by molar-refractivity contribution is 0.483. The number of aryl methyl sites for hydroxylation is 4. The fraction of sp³-hybridized carbons (Fsp3) is 0.250. The van der Waals surface area contributed by atoms with Crippen molar-refractivity contribution >= 4 is 40.2 Å². The Labute approximate surface area is 209 Å². The van der Waals surface area contributed by atoms with Crippen LogP contribution in [-0.2, 0) is 5.41 Å². The van der Waals surface area contributed by atoms with Gasteiger partial charge in [0.15, 0.2) is 0 Å². The Hall–Kier alpha value is -3.46. The second-order valence-corrected chi connectivity index (χ2v) is 11.4. The summed E-state index contributed by atoms with van der Waals surface area (Å²) in [5.41, 5.74) is 14.1. The molecule has 0 bridgehead atoms. The SMILES string of the molecule is Cc1cc(C)cc(N2c3cc(C)cc(C)c3B3c4ccc(C(C)(C)C)cc4Oc4cccc2c43)c1. The lowest BCUT2D eigenvalue weighted by atomic mass is 9.33. The third-order valence-corrected chi connectivity index (χ3v) is 7.49. The van der Waals surface area contributed by atoms with Crippen LogP contribution < -0.4 is 26.0 Å². The minimum absolute atomic E-state index is 0.0673. The summed E-state index contributed by atoms with van der Waals surface area (Å²) in [6.07, 6.45) is 0. The van der Waals surface area contributed by atoms with Gasteiger partial charge in [-0.05, 0) is 108 Å². The molecule has 0 saturated carbocycles. The molecule has 2 heterocycles. The molecule has 2 aliphatic rings. The number of hydrogen-bond acceptors (Lipinski definition) is 2. The van der Waals surface area contributed by atoms with Gasteiger partial charge < -0.3 is 9.64 Å². The zero-order chi connectivity index (χ0) is 24.6. The van der Waals surface area contributed by atoms with Crippen LogP contribution in [0.3, 0.4) is 0 Å². The maximum Gasteiger partial charge on any atom is 0.256 e. The van der Waals surface area contributed by atoms with E-state index in [2.05, 4.69) is 120 Å². The third-order valence-electron chi connectivity index (χ3n) is 7.49. The number of nitrogens with zero attached hydrogens (tertiary/aromatic N) is 1. The van der Waals surface area contributed by atoms with E-state index in [0.717, 1.165) is 11.5 Å². The Morgan fingerprint density at radius 2 is 1.40 bits per heavy atom. The summed E-state index contributed by atoms with van der Waals surface area (Å²) in [7, 11) is 0. The summed E-state index contributed by atoms with van der Waals surface area (Å²) >= 11 is 0. The molecule has 0 aromatic heterocycles. The van der Waals surface area contributed by atoms with Gasteiger partial charge in [-0.2, -0.15) is 0 Å². The van der Waals surface area contributed by atoms with E-state index in [1.807, 2.05) is 0 Å². The number of benzene rings is 4. The molecule has 0 saturated heterocycles. The minimum Gasteiger partial charge on any atom is -0.458 e. The first-order chi connectivity index (χ1) is 16.6. The van der Waals surface area contributed by atoms with Crippen molar-refractivity contribution in [1.29, 1.82) is 0 Å². The summed E-state index contributed by atoms with van der Waals surface area (Å²) in [6.45, 7) is 15.7. The fourth-order valence-corrected chi connectivity index (χ4v) is 6.01. The Morgan fingerprint density at radius 3 is 2.11 bits per heavy atom. The van der Waals surface area contributed by atoms with Gasteiger partial charge in [-0.15, -0.1) is 0 Å². The molecule has 4 aromatic rings. The summed E-state index contributed by atoms with van der Waals surface area (Å²) in [6, 6.07) is 24.9. The molecule has 0 unspecified atom stereocenters. The highest BCUT2D eigenvalue weighted by molar-refractivity contribution is 6.99. The molecule has 2 aliphatic heterocycles. The van der Waals surface area contributed by atoms with Gasteiger partial charge in [0.1, 0.15) is 11.5 Å². The lowest BCUT2D eigenvalue weighted by Crippen LogP contribution is -2.60. The van der Waals surface area contributed by atoms with Crippen LogP contribution in [0.15, 0.2) is 66.7 Å². The normalized spacial score (nSPS) is 13.7. The average Bonchev–Trinajstić information content (AvgIpc) is 2.77. The Kier molecular flexibility index (Phi) is 4.73. The lowest BCUT2D eigenvalue weighted by Gasteiger charge is -2.41. The molecule has 35 heavy (non-hydrogen) atoms. The number of rotatable bonds is 1. The van der Waals surface area contributed by atoms with E-state index in [1.165, 1.54) is 61.3 Å². The van der Waals surface area contributed by atoms with Gasteiger partial charge in [0, 0.05) is 17.1 Å².